The molecule has 0 fully saturated rings. The molecule has 0 spiro atoms. The van der Waals surface area contributed by atoms with E-state index >= 15 is 0 Å². The quantitative estimate of drug-likeness (QED) is 0.699. The Morgan fingerprint density at radius 1 is 0.722 bits per heavy atom. The van der Waals surface area contributed by atoms with Gasteiger partial charge in [0.1, 0.15) is 0 Å². The van der Waals surface area contributed by atoms with Gasteiger partial charge in [-0.2, -0.15) is 0 Å². The van der Waals surface area contributed by atoms with Crippen LogP contribution in [0.3, 0.4) is 0 Å². The predicted molar refractivity (Wildman–Crippen MR) is 79.1 cm³/mol. The zero-order valence-corrected chi connectivity index (χ0v) is 11.8. The Kier molecular flexibility index (Phi) is 3.56. The van der Waals surface area contributed by atoms with Crippen LogP contribution in [0.25, 0.3) is 0 Å². The van der Waals surface area contributed by atoms with Crippen molar-refractivity contribution in [1.82, 2.24) is 0 Å². The van der Waals surface area contributed by atoms with Crippen molar-refractivity contribution in [2.75, 3.05) is 0 Å². The second kappa shape index (κ2) is 4.97. The van der Waals surface area contributed by atoms with Crippen LogP contribution in [-0.4, -0.2) is 0 Å². The highest BCUT2D eigenvalue weighted by Gasteiger charge is 2.12. The average molecular weight is 238 g/mol. The molecule has 0 aliphatic carbocycles. The van der Waals surface area contributed by atoms with E-state index < -0.39 is 0 Å². The van der Waals surface area contributed by atoms with Gasteiger partial charge in [0.25, 0.3) is 0 Å². The summed E-state index contributed by atoms with van der Waals surface area (Å²) in [6.45, 7) is 8.88. The third kappa shape index (κ3) is 3.22. The van der Waals surface area contributed by atoms with Gasteiger partial charge in [-0.15, -0.1) is 0 Å². The normalized spacial score (nSPS) is 11.6. The zero-order valence-electron chi connectivity index (χ0n) is 11.8. The van der Waals surface area contributed by atoms with Crippen LogP contribution in [0, 0.1) is 6.92 Å². The summed E-state index contributed by atoms with van der Waals surface area (Å²) >= 11 is 0. The van der Waals surface area contributed by atoms with Crippen molar-refractivity contribution < 1.29 is 0 Å². The molecule has 0 aliphatic rings. The van der Waals surface area contributed by atoms with Crippen LogP contribution in [-0.2, 0) is 11.8 Å². The maximum Gasteiger partial charge on any atom is -0.00258 e. The standard InChI is InChI=1S/C18H22/c1-14-5-7-15(8-6-14)13-16-9-11-17(12-10-16)18(2,3)4/h5-12H,13H2,1-4H3. The first kappa shape index (κ1) is 12.9. The molecule has 0 bridgehead atoms. The first-order valence-corrected chi connectivity index (χ1v) is 6.60. The van der Waals surface area contributed by atoms with Gasteiger partial charge in [-0.1, -0.05) is 74.9 Å². The van der Waals surface area contributed by atoms with Crippen molar-refractivity contribution in [3.05, 3.63) is 70.8 Å². The molecular weight excluding hydrogens is 216 g/mol. The van der Waals surface area contributed by atoms with E-state index in [1.165, 1.54) is 22.3 Å². The van der Waals surface area contributed by atoms with Gasteiger partial charge in [0.15, 0.2) is 0 Å². The fraction of sp³-hybridized carbons (Fsp3) is 0.333. The number of hydrogen-bond donors (Lipinski definition) is 0. The molecule has 0 atom stereocenters. The third-order valence-electron chi connectivity index (χ3n) is 3.35. The average Bonchev–Trinajstić information content (AvgIpc) is 2.32. The van der Waals surface area contributed by atoms with Crippen LogP contribution >= 0.6 is 0 Å². The molecule has 0 amide bonds. The van der Waals surface area contributed by atoms with Crippen molar-refractivity contribution in [1.29, 1.82) is 0 Å². The summed E-state index contributed by atoms with van der Waals surface area (Å²) < 4.78 is 0. The zero-order chi connectivity index (χ0) is 13.2. The molecule has 0 heterocycles. The molecule has 94 valence electrons. The van der Waals surface area contributed by atoms with Gasteiger partial charge in [-0.05, 0) is 35.4 Å². The van der Waals surface area contributed by atoms with Crippen LogP contribution in [0.5, 0.6) is 0 Å². The van der Waals surface area contributed by atoms with Gasteiger partial charge in [0, 0.05) is 0 Å². The van der Waals surface area contributed by atoms with E-state index in [1.807, 2.05) is 0 Å². The summed E-state index contributed by atoms with van der Waals surface area (Å²) in [7, 11) is 0. The molecule has 0 saturated heterocycles. The summed E-state index contributed by atoms with van der Waals surface area (Å²) in [4.78, 5) is 0. The largest absolute Gasteiger partial charge is 0.0590 e. The first-order chi connectivity index (χ1) is 8.45. The van der Waals surface area contributed by atoms with Gasteiger partial charge < -0.3 is 0 Å². The molecule has 18 heavy (non-hydrogen) atoms. The minimum Gasteiger partial charge on any atom is -0.0590 e. The lowest BCUT2D eigenvalue weighted by Gasteiger charge is -2.19. The minimum atomic E-state index is 0.238. The fourth-order valence-corrected chi connectivity index (χ4v) is 2.06. The Balaban J connectivity index is 2.13. The van der Waals surface area contributed by atoms with Crippen molar-refractivity contribution >= 4 is 0 Å². The molecule has 0 aromatic heterocycles. The Bertz CT molecular complexity index is 495. The van der Waals surface area contributed by atoms with Gasteiger partial charge in [0.05, 0.1) is 0 Å². The van der Waals surface area contributed by atoms with Crippen LogP contribution in [0.15, 0.2) is 48.5 Å². The Hall–Kier alpha value is -1.56. The highest BCUT2D eigenvalue weighted by atomic mass is 14.2. The minimum absolute atomic E-state index is 0.238. The highest BCUT2D eigenvalue weighted by Crippen LogP contribution is 2.22. The smallest absolute Gasteiger partial charge is 0.00258 e. The van der Waals surface area contributed by atoms with Gasteiger partial charge in [0.2, 0.25) is 0 Å². The van der Waals surface area contributed by atoms with E-state index in [4.69, 9.17) is 0 Å². The highest BCUT2D eigenvalue weighted by molar-refractivity contribution is 5.32. The van der Waals surface area contributed by atoms with E-state index in [0.717, 1.165) is 6.42 Å². The Labute approximate surface area is 111 Å². The summed E-state index contributed by atoms with van der Waals surface area (Å²) in [5.74, 6) is 0. The monoisotopic (exact) mass is 238 g/mol. The number of hydrogen-bond acceptors (Lipinski definition) is 0. The van der Waals surface area contributed by atoms with Gasteiger partial charge in [-0.25, -0.2) is 0 Å². The predicted octanol–water partition coefficient (Wildman–Crippen LogP) is 4.88. The molecule has 2 rings (SSSR count). The van der Waals surface area contributed by atoms with E-state index in [-0.39, 0.29) is 5.41 Å². The first-order valence-electron chi connectivity index (χ1n) is 6.60. The molecule has 2 aromatic carbocycles. The second-order valence-electron chi connectivity index (χ2n) is 6.11. The van der Waals surface area contributed by atoms with Crippen molar-refractivity contribution in [2.45, 2.75) is 39.5 Å². The molecule has 0 nitrogen and oxygen atoms in total. The molecule has 0 saturated carbocycles. The van der Waals surface area contributed by atoms with Crippen LogP contribution < -0.4 is 0 Å². The molecule has 0 aliphatic heterocycles. The maximum absolute atomic E-state index is 2.25. The van der Waals surface area contributed by atoms with E-state index in [1.54, 1.807) is 0 Å². The van der Waals surface area contributed by atoms with Crippen molar-refractivity contribution in [3.63, 3.8) is 0 Å². The Morgan fingerprint density at radius 3 is 1.61 bits per heavy atom. The fourth-order valence-electron chi connectivity index (χ4n) is 2.06. The molecular formula is C18H22. The van der Waals surface area contributed by atoms with Crippen molar-refractivity contribution in [3.8, 4) is 0 Å². The lowest BCUT2D eigenvalue weighted by atomic mass is 9.86. The van der Waals surface area contributed by atoms with E-state index in [0.29, 0.717) is 0 Å². The summed E-state index contributed by atoms with van der Waals surface area (Å²) in [6.07, 6.45) is 1.02. The topological polar surface area (TPSA) is 0 Å². The summed E-state index contributed by atoms with van der Waals surface area (Å²) in [5, 5.41) is 0. The molecule has 0 unspecified atom stereocenters. The van der Waals surface area contributed by atoms with Gasteiger partial charge >= 0.3 is 0 Å². The summed E-state index contributed by atoms with van der Waals surface area (Å²) in [6, 6.07) is 17.8. The SMILES string of the molecule is Cc1ccc(Cc2ccc(C(C)(C)C)cc2)cc1. The maximum atomic E-state index is 2.25. The number of benzene rings is 2. The van der Waals surface area contributed by atoms with Crippen LogP contribution in [0.2, 0.25) is 0 Å². The van der Waals surface area contributed by atoms with Crippen LogP contribution in [0.4, 0.5) is 0 Å². The van der Waals surface area contributed by atoms with Crippen molar-refractivity contribution in [2.24, 2.45) is 0 Å². The Morgan fingerprint density at radius 2 is 1.17 bits per heavy atom. The third-order valence-corrected chi connectivity index (χ3v) is 3.35. The molecule has 0 radical (unpaired) electrons. The molecule has 2 aromatic rings. The number of aryl methyl sites for hydroxylation is 1. The lowest BCUT2D eigenvalue weighted by molar-refractivity contribution is 0.590. The van der Waals surface area contributed by atoms with Gasteiger partial charge in [-0.3, -0.25) is 0 Å². The molecule has 0 N–H and O–H groups in total. The number of rotatable bonds is 2. The van der Waals surface area contributed by atoms with Crippen LogP contribution in [0.1, 0.15) is 43.0 Å². The second-order valence-corrected chi connectivity index (χ2v) is 6.11. The lowest BCUT2D eigenvalue weighted by Crippen LogP contribution is -2.10. The summed E-state index contributed by atoms with van der Waals surface area (Å²) in [5.41, 5.74) is 5.72. The van der Waals surface area contributed by atoms with E-state index in [2.05, 4.69) is 76.2 Å². The molecule has 0 heteroatoms. The van der Waals surface area contributed by atoms with E-state index in [9.17, 15) is 0 Å².